The fourth-order valence-electron chi connectivity index (χ4n) is 2.49. The molecule has 2 aromatic rings. The van der Waals surface area contributed by atoms with E-state index < -0.39 is 0 Å². The third-order valence-corrected chi connectivity index (χ3v) is 5.02. The molecule has 0 atom stereocenters. The molecular weight excluding hydrogens is 310 g/mol. The summed E-state index contributed by atoms with van der Waals surface area (Å²) in [4.78, 5) is 12.7. The Kier molecular flexibility index (Phi) is 8.78. The Bertz CT molecular complexity index is 678. The van der Waals surface area contributed by atoms with Gasteiger partial charge in [0, 0.05) is 5.52 Å². The van der Waals surface area contributed by atoms with Gasteiger partial charge in [0.05, 0.1) is 6.61 Å². The number of hydrogen-bond donors (Lipinski definition) is 0. The summed E-state index contributed by atoms with van der Waals surface area (Å²) < 4.78 is 5.72. The summed E-state index contributed by atoms with van der Waals surface area (Å²) in [5.41, 5.74) is 4.18. The maximum atomic E-state index is 12.7. The minimum absolute atomic E-state index is 0. The van der Waals surface area contributed by atoms with Crippen LogP contribution in [0.4, 0.5) is 0 Å². The van der Waals surface area contributed by atoms with Crippen molar-refractivity contribution >= 4 is 19.4 Å². The van der Waals surface area contributed by atoms with Gasteiger partial charge in [0.1, 0.15) is 5.75 Å². The van der Waals surface area contributed by atoms with Crippen molar-refractivity contribution in [1.82, 2.24) is 0 Å². The normalized spacial score (nSPS) is 10.7. The third kappa shape index (κ3) is 5.49. The Morgan fingerprint density at radius 3 is 2.29 bits per heavy atom. The summed E-state index contributed by atoms with van der Waals surface area (Å²) in [6.07, 6.45) is 2.18. The zero-order valence-electron chi connectivity index (χ0n) is 15.3. The van der Waals surface area contributed by atoms with E-state index in [2.05, 4.69) is 6.92 Å². The maximum Gasteiger partial charge on any atom is 1.00 e. The molecule has 0 fully saturated rings. The Hall–Kier alpha value is -1.06. The molecule has 2 nitrogen and oxygen atoms in total. The second kappa shape index (κ2) is 10.0. The maximum absolute atomic E-state index is 12.7. The molecule has 0 unspecified atom stereocenters. The van der Waals surface area contributed by atoms with E-state index in [4.69, 9.17) is 4.74 Å². The Balaban J connectivity index is 0.00000288. The van der Waals surface area contributed by atoms with Crippen LogP contribution in [-0.4, -0.2) is 12.1 Å². The smallest absolute Gasteiger partial charge is 0.494 e. The summed E-state index contributed by atoms with van der Waals surface area (Å²) in [5, 5.41) is 1.04. The second-order valence-electron chi connectivity index (χ2n) is 5.83. The van der Waals surface area contributed by atoms with Gasteiger partial charge >= 0.3 is 18.9 Å². The topological polar surface area (TPSA) is 26.3 Å². The first-order valence-electron chi connectivity index (χ1n) is 8.08. The van der Waals surface area contributed by atoms with E-state index in [-0.39, 0.29) is 24.4 Å². The average molecular weight is 334 g/mol. The van der Waals surface area contributed by atoms with Crippen LogP contribution in [0.15, 0.2) is 36.4 Å². The Labute approximate surface area is 159 Å². The van der Waals surface area contributed by atoms with Crippen LogP contribution in [0.5, 0.6) is 5.75 Å². The standard InChI is InChI=1S/C20H24O2P.Li/c1-5-6-12-22-17-10-11-18(16(4)13-17)23-20(21)19-14(2)8-7-9-15(19)3;/h7-11,13H,5-6,12H2,1-4H3;/q-1;+1. The van der Waals surface area contributed by atoms with Gasteiger partial charge in [-0.25, -0.2) is 0 Å². The van der Waals surface area contributed by atoms with Gasteiger partial charge in [-0.2, -0.15) is 5.30 Å². The van der Waals surface area contributed by atoms with Crippen molar-refractivity contribution < 1.29 is 28.4 Å². The molecule has 0 bridgehead atoms. The largest absolute Gasteiger partial charge is 1.00 e. The van der Waals surface area contributed by atoms with Crippen molar-refractivity contribution in [2.24, 2.45) is 0 Å². The van der Waals surface area contributed by atoms with Gasteiger partial charge in [-0.1, -0.05) is 43.2 Å². The molecule has 24 heavy (non-hydrogen) atoms. The molecule has 4 heteroatoms. The number of rotatable bonds is 7. The van der Waals surface area contributed by atoms with Crippen molar-refractivity contribution in [1.29, 1.82) is 0 Å². The van der Waals surface area contributed by atoms with E-state index >= 15 is 0 Å². The molecule has 122 valence electrons. The molecule has 0 spiro atoms. The number of unbranched alkanes of at least 4 members (excludes halogenated alkanes) is 1. The van der Waals surface area contributed by atoms with E-state index in [1.165, 1.54) is 0 Å². The van der Waals surface area contributed by atoms with Crippen LogP contribution < -0.4 is 28.9 Å². The van der Waals surface area contributed by atoms with E-state index in [9.17, 15) is 4.79 Å². The zero-order chi connectivity index (χ0) is 16.8. The number of carbonyl (C=O) groups excluding carboxylic acids is 1. The summed E-state index contributed by atoms with van der Waals surface area (Å²) in [7, 11) is 0.723. The fourth-order valence-corrected chi connectivity index (χ4v) is 3.57. The van der Waals surface area contributed by atoms with Gasteiger partial charge < -0.3 is 18.1 Å². The molecular formula is C20H24LiO2P. The first-order chi connectivity index (χ1) is 11.0. The van der Waals surface area contributed by atoms with Crippen LogP contribution in [0, 0.1) is 20.8 Å². The Morgan fingerprint density at radius 1 is 1.04 bits per heavy atom. The third-order valence-electron chi connectivity index (χ3n) is 3.85. The second-order valence-corrected chi connectivity index (χ2v) is 6.95. The monoisotopic (exact) mass is 334 g/mol. The molecule has 0 radical (unpaired) electrons. The van der Waals surface area contributed by atoms with Crippen LogP contribution in [0.25, 0.3) is 0 Å². The van der Waals surface area contributed by atoms with Gasteiger partial charge in [0.2, 0.25) is 0 Å². The van der Waals surface area contributed by atoms with E-state index in [1.807, 2.05) is 57.2 Å². The molecule has 2 rings (SSSR count). The van der Waals surface area contributed by atoms with E-state index in [1.54, 1.807) is 0 Å². The molecule has 0 saturated carbocycles. The Morgan fingerprint density at radius 2 is 1.71 bits per heavy atom. The minimum atomic E-state index is 0. The average Bonchev–Trinajstić information content (AvgIpc) is 2.50. The molecule has 0 N–H and O–H groups in total. The fraction of sp³-hybridized carbons (Fsp3) is 0.350. The number of ether oxygens (including phenoxy) is 1. The van der Waals surface area contributed by atoms with Gasteiger partial charge in [-0.3, -0.25) is 0 Å². The summed E-state index contributed by atoms with van der Waals surface area (Å²) >= 11 is 0. The van der Waals surface area contributed by atoms with Crippen molar-refractivity contribution in [2.75, 3.05) is 6.61 Å². The summed E-state index contributed by atoms with van der Waals surface area (Å²) in [6, 6.07) is 12.0. The first kappa shape index (κ1) is 21.0. The molecule has 2 aromatic carbocycles. The minimum Gasteiger partial charge on any atom is -0.494 e. The summed E-state index contributed by atoms with van der Waals surface area (Å²) in [6.45, 7) is 8.91. The molecule has 0 aliphatic heterocycles. The number of carbonyl (C=O) groups is 1. The molecule has 0 heterocycles. The number of hydrogen-bond acceptors (Lipinski definition) is 2. The number of benzene rings is 2. The molecule has 0 saturated heterocycles. The molecule has 0 amide bonds. The predicted molar refractivity (Wildman–Crippen MR) is 98.4 cm³/mol. The van der Waals surface area contributed by atoms with Gasteiger partial charge in [0.25, 0.3) is 0 Å². The molecule has 0 aromatic heterocycles. The van der Waals surface area contributed by atoms with Crippen molar-refractivity contribution in [3.8, 4) is 5.75 Å². The van der Waals surface area contributed by atoms with Crippen molar-refractivity contribution in [3.05, 3.63) is 58.7 Å². The quantitative estimate of drug-likeness (QED) is 0.441. The zero-order valence-corrected chi connectivity index (χ0v) is 16.2. The van der Waals surface area contributed by atoms with E-state index in [0.29, 0.717) is 0 Å². The summed E-state index contributed by atoms with van der Waals surface area (Å²) in [5.74, 6) is 0.884. The van der Waals surface area contributed by atoms with Gasteiger partial charge in [-0.05, 0) is 56.0 Å². The molecule has 0 aliphatic carbocycles. The molecule has 0 aliphatic rings. The van der Waals surface area contributed by atoms with Crippen molar-refractivity contribution in [2.45, 2.75) is 40.5 Å². The van der Waals surface area contributed by atoms with Crippen LogP contribution in [0.3, 0.4) is 0 Å². The van der Waals surface area contributed by atoms with Gasteiger partial charge in [-0.15, -0.1) is 0 Å². The first-order valence-corrected chi connectivity index (χ1v) is 8.98. The van der Waals surface area contributed by atoms with E-state index in [0.717, 1.165) is 61.3 Å². The van der Waals surface area contributed by atoms with Crippen molar-refractivity contribution in [3.63, 3.8) is 0 Å². The number of aryl methyl sites for hydroxylation is 3. The van der Waals surface area contributed by atoms with Gasteiger partial charge in [0.15, 0.2) is 0 Å². The van der Waals surface area contributed by atoms with Crippen LogP contribution in [0.2, 0.25) is 0 Å². The SMILES string of the molecule is CCCCOc1ccc([P-]C(=O)c2c(C)cccc2C)c(C)c1.[Li+]. The van der Waals surface area contributed by atoms with Crippen LogP contribution in [0.1, 0.15) is 46.8 Å². The van der Waals surface area contributed by atoms with Crippen LogP contribution >= 0.6 is 8.58 Å². The predicted octanol–water partition coefficient (Wildman–Crippen LogP) is 2.21. The van der Waals surface area contributed by atoms with Crippen LogP contribution in [-0.2, 0) is 0 Å².